The summed E-state index contributed by atoms with van der Waals surface area (Å²) < 4.78 is 39.7. The number of carbonyl (C=O) groups is 2. The Morgan fingerprint density at radius 2 is 1.67 bits per heavy atom. The maximum atomic E-state index is 14.2. The predicted molar refractivity (Wildman–Crippen MR) is 128 cm³/mol. The highest BCUT2D eigenvalue weighted by molar-refractivity contribution is 7.92. The molecule has 0 radical (unpaired) electrons. The van der Waals surface area contributed by atoms with Gasteiger partial charge in [0.25, 0.3) is 0 Å². The van der Waals surface area contributed by atoms with E-state index in [4.69, 9.17) is 0 Å². The molecule has 1 atom stereocenters. The average Bonchev–Trinajstić information content (AvgIpc) is 2.79. The van der Waals surface area contributed by atoms with E-state index in [1.54, 1.807) is 11.0 Å². The van der Waals surface area contributed by atoms with Gasteiger partial charge < -0.3 is 10.2 Å². The van der Waals surface area contributed by atoms with Gasteiger partial charge in [0.1, 0.15) is 11.9 Å². The second-order valence-electron chi connectivity index (χ2n) is 7.75. The van der Waals surface area contributed by atoms with Crippen LogP contribution >= 0.6 is 0 Å². The van der Waals surface area contributed by atoms with Crippen LogP contribution in [-0.2, 0) is 26.0 Å². The summed E-state index contributed by atoms with van der Waals surface area (Å²) in [5.74, 6) is -1.14. The van der Waals surface area contributed by atoms with Crippen molar-refractivity contribution in [2.24, 2.45) is 0 Å². The van der Waals surface area contributed by atoms with Crippen molar-refractivity contribution in [2.45, 2.75) is 38.6 Å². The van der Waals surface area contributed by atoms with Crippen LogP contribution in [0.4, 0.5) is 10.1 Å². The van der Waals surface area contributed by atoms with Crippen molar-refractivity contribution in [1.82, 2.24) is 10.2 Å². The van der Waals surface area contributed by atoms with Gasteiger partial charge >= 0.3 is 0 Å². The number of likely N-dealkylation sites (N-methyl/N-ethyl adjacent to an activating group) is 1. The second-order valence-corrected chi connectivity index (χ2v) is 9.66. The summed E-state index contributed by atoms with van der Waals surface area (Å²) in [7, 11) is -2.21. The molecule has 0 heterocycles. The smallest absolute Gasteiger partial charge is 0.242 e. The largest absolute Gasteiger partial charge is 0.357 e. The fourth-order valence-corrected chi connectivity index (χ4v) is 4.67. The lowest BCUT2D eigenvalue weighted by atomic mass is 10.1. The van der Waals surface area contributed by atoms with E-state index in [0.717, 1.165) is 16.1 Å². The van der Waals surface area contributed by atoms with Crippen molar-refractivity contribution in [3.05, 3.63) is 66.0 Å². The van der Waals surface area contributed by atoms with E-state index >= 15 is 0 Å². The first-order valence-electron chi connectivity index (χ1n) is 11.0. The molecule has 1 unspecified atom stereocenters. The summed E-state index contributed by atoms with van der Waals surface area (Å²) in [4.78, 5) is 27.1. The predicted octanol–water partition coefficient (Wildman–Crippen LogP) is 2.97. The van der Waals surface area contributed by atoms with Crippen LogP contribution in [0.25, 0.3) is 0 Å². The zero-order chi connectivity index (χ0) is 24.4. The molecule has 0 aliphatic heterocycles. The number of hydrogen-bond donors (Lipinski definition) is 1. The monoisotopic (exact) mass is 477 g/mol. The summed E-state index contributed by atoms with van der Waals surface area (Å²) in [5, 5.41) is 2.61. The highest BCUT2D eigenvalue weighted by Gasteiger charge is 2.28. The van der Waals surface area contributed by atoms with Gasteiger partial charge in [-0.05, 0) is 37.0 Å². The Morgan fingerprint density at radius 3 is 2.24 bits per heavy atom. The van der Waals surface area contributed by atoms with Gasteiger partial charge in [0.05, 0.1) is 11.9 Å². The number of hydrogen-bond acceptors (Lipinski definition) is 4. The zero-order valence-corrected chi connectivity index (χ0v) is 20.1. The van der Waals surface area contributed by atoms with E-state index in [2.05, 4.69) is 5.32 Å². The molecule has 0 aliphatic carbocycles. The van der Waals surface area contributed by atoms with Crippen molar-refractivity contribution in [3.8, 4) is 0 Å². The van der Waals surface area contributed by atoms with Gasteiger partial charge in [-0.15, -0.1) is 0 Å². The zero-order valence-electron chi connectivity index (χ0n) is 19.3. The molecule has 9 heteroatoms. The van der Waals surface area contributed by atoms with Crippen molar-refractivity contribution < 1.29 is 22.4 Å². The van der Waals surface area contributed by atoms with Crippen molar-refractivity contribution in [2.75, 3.05) is 30.7 Å². The summed E-state index contributed by atoms with van der Waals surface area (Å²) in [5.41, 5.74) is 0.995. The lowest BCUT2D eigenvalue weighted by molar-refractivity contribution is -0.140. The van der Waals surface area contributed by atoms with Crippen LogP contribution in [0.3, 0.4) is 0 Å². The summed E-state index contributed by atoms with van der Waals surface area (Å²) in [6.07, 6.45) is 2.26. The van der Waals surface area contributed by atoms with E-state index < -0.39 is 21.9 Å². The van der Waals surface area contributed by atoms with Gasteiger partial charge in [-0.3, -0.25) is 13.9 Å². The van der Waals surface area contributed by atoms with Gasteiger partial charge in [0.15, 0.2) is 0 Å². The maximum absolute atomic E-state index is 14.2. The van der Waals surface area contributed by atoms with Gasteiger partial charge in [-0.2, -0.15) is 0 Å². The Hall–Kier alpha value is -2.94. The van der Waals surface area contributed by atoms with E-state index in [-0.39, 0.29) is 36.9 Å². The van der Waals surface area contributed by atoms with E-state index in [1.807, 2.05) is 37.3 Å². The standard InChI is InChI=1S/C24H32FN3O4S/c1-4-21(24(30)26-2)27(18-16-19-11-6-5-7-12-19)23(29)15-10-17-28(33(3,31)32)22-14-9-8-13-20(22)25/h5-9,11-14,21H,4,10,15-18H2,1-3H3,(H,26,30). The first kappa shape index (κ1) is 26.3. The molecule has 0 saturated heterocycles. The molecular weight excluding hydrogens is 445 g/mol. The molecule has 0 saturated carbocycles. The number of amides is 2. The normalized spacial score (nSPS) is 12.1. The molecule has 7 nitrogen and oxygen atoms in total. The molecule has 2 aromatic carbocycles. The van der Waals surface area contributed by atoms with Gasteiger partial charge in [0.2, 0.25) is 21.8 Å². The molecule has 0 aliphatic rings. The molecule has 0 bridgehead atoms. The molecule has 180 valence electrons. The first-order chi connectivity index (χ1) is 15.7. The molecule has 0 fully saturated rings. The van der Waals surface area contributed by atoms with Crippen LogP contribution in [0.2, 0.25) is 0 Å². The summed E-state index contributed by atoms with van der Waals surface area (Å²) in [6, 6.07) is 14.7. The van der Waals surface area contributed by atoms with Crippen molar-refractivity contribution in [1.29, 1.82) is 0 Å². The van der Waals surface area contributed by atoms with Gasteiger partial charge in [-0.25, -0.2) is 12.8 Å². The lowest BCUT2D eigenvalue weighted by Crippen LogP contribution is -2.49. The van der Waals surface area contributed by atoms with Crippen molar-refractivity contribution in [3.63, 3.8) is 0 Å². The summed E-state index contributed by atoms with van der Waals surface area (Å²) >= 11 is 0. The third-order valence-corrected chi connectivity index (χ3v) is 6.57. The minimum Gasteiger partial charge on any atom is -0.357 e. The fraction of sp³-hybridized carbons (Fsp3) is 0.417. The Kier molecular flexibility index (Phi) is 9.84. The van der Waals surface area contributed by atoms with E-state index in [1.165, 1.54) is 25.2 Å². The first-order valence-corrected chi connectivity index (χ1v) is 12.8. The van der Waals surface area contributed by atoms with Gasteiger partial charge in [0, 0.05) is 26.6 Å². The third-order valence-electron chi connectivity index (χ3n) is 5.39. The Labute approximate surface area is 195 Å². The van der Waals surface area contributed by atoms with Crippen LogP contribution in [0.15, 0.2) is 54.6 Å². The molecule has 0 aromatic heterocycles. The van der Waals surface area contributed by atoms with Crippen LogP contribution < -0.4 is 9.62 Å². The number of anilines is 1. The molecule has 1 N–H and O–H groups in total. The average molecular weight is 478 g/mol. The van der Waals surface area contributed by atoms with Crippen LogP contribution in [0.5, 0.6) is 0 Å². The highest BCUT2D eigenvalue weighted by Crippen LogP contribution is 2.22. The number of halogens is 1. The number of sulfonamides is 1. The Bertz CT molecular complexity index is 1030. The molecule has 2 aromatic rings. The lowest BCUT2D eigenvalue weighted by Gasteiger charge is -2.30. The SMILES string of the molecule is CCC(C(=O)NC)N(CCc1ccccc1)C(=O)CCCN(c1ccccc1F)S(C)(=O)=O. The minimum atomic E-state index is -3.74. The third kappa shape index (κ3) is 7.56. The number of benzene rings is 2. The number of nitrogens with one attached hydrogen (secondary N) is 1. The Morgan fingerprint density at radius 1 is 1.03 bits per heavy atom. The highest BCUT2D eigenvalue weighted by atomic mass is 32.2. The molecule has 33 heavy (non-hydrogen) atoms. The fourth-order valence-electron chi connectivity index (χ4n) is 3.70. The quantitative estimate of drug-likeness (QED) is 0.509. The van der Waals surface area contributed by atoms with Crippen LogP contribution in [-0.4, -0.2) is 57.6 Å². The molecule has 2 rings (SSSR count). The minimum absolute atomic E-state index is 0.0305. The topological polar surface area (TPSA) is 86.8 Å². The second kappa shape index (κ2) is 12.3. The van der Waals surface area contributed by atoms with Crippen LogP contribution in [0.1, 0.15) is 31.7 Å². The Balaban J connectivity index is 2.13. The number of para-hydroxylation sites is 1. The molecule has 2 amide bonds. The number of carbonyl (C=O) groups excluding carboxylic acids is 2. The van der Waals surface area contributed by atoms with Crippen LogP contribution in [0, 0.1) is 5.82 Å². The molecular formula is C24H32FN3O4S. The maximum Gasteiger partial charge on any atom is 0.242 e. The molecule has 0 spiro atoms. The van der Waals surface area contributed by atoms with Gasteiger partial charge in [-0.1, -0.05) is 49.4 Å². The number of nitrogens with zero attached hydrogens (tertiary/aromatic N) is 2. The van der Waals surface area contributed by atoms with E-state index in [9.17, 15) is 22.4 Å². The van der Waals surface area contributed by atoms with Crippen molar-refractivity contribution >= 4 is 27.5 Å². The summed E-state index contributed by atoms with van der Waals surface area (Å²) in [6.45, 7) is 2.15. The van der Waals surface area contributed by atoms with E-state index in [0.29, 0.717) is 19.4 Å². The number of rotatable bonds is 12.